The molecule has 1 aromatic heterocycles. The highest BCUT2D eigenvalue weighted by molar-refractivity contribution is 5.45. The molecule has 1 aromatic carbocycles. The summed E-state index contributed by atoms with van der Waals surface area (Å²) >= 11 is 0. The van der Waals surface area contributed by atoms with Gasteiger partial charge in [0.15, 0.2) is 0 Å². The predicted octanol–water partition coefficient (Wildman–Crippen LogP) is 4.64. The van der Waals surface area contributed by atoms with Gasteiger partial charge in [-0.25, -0.2) is 0 Å². The lowest BCUT2D eigenvalue weighted by Crippen LogP contribution is -2.01. The Bertz CT molecular complexity index is 509. The maximum Gasteiger partial charge on any atom is 0.138 e. The van der Waals surface area contributed by atoms with E-state index in [0.29, 0.717) is 0 Å². The molecule has 0 aliphatic carbocycles. The second-order valence-electron chi connectivity index (χ2n) is 5.31. The minimum Gasteiger partial charge on any atom is -0.381 e. The van der Waals surface area contributed by atoms with Crippen LogP contribution in [0.4, 0.5) is 5.69 Å². The van der Waals surface area contributed by atoms with Crippen LogP contribution in [-0.2, 0) is 13.0 Å². The lowest BCUT2D eigenvalue weighted by molar-refractivity contribution is 0.392. The van der Waals surface area contributed by atoms with Gasteiger partial charge in [0.25, 0.3) is 0 Å². The van der Waals surface area contributed by atoms with Gasteiger partial charge >= 0.3 is 0 Å². The number of aromatic nitrogens is 1. The number of unbranched alkanes of at least 4 members (excludes halogenated alkanes) is 2. The number of nitrogens with zero attached hydrogens (tertiary/aromatic N) is 1. The van der Waals surface area contributed by atoms with Gasteiger partial charge in [-0.2, -0.15) is 0 Å². The van der Waals surface area contributed by atoms with Gasteiger partial charge in [0, 0.05) is 17.8 Å². The summed E-state index contributed by atoms with van der Waals surface area (Å²) in [5.74, 6) is 0.895. The van der Waals surface area contributed by atoms with Crippen molar-refractivity contribution in [1.29, 1.82) is 0 Å². The van der Waals surface area contributed by atoms with Crippen LogP contribution in [0.1, 0.15) is 48.8 Å². The Kier molecular flexibility index (Phi) is 5.22. The average molecular weight is 272 g/mol. The topological polar surface area (TPSA) is 38.1 Å². The summed E-state index contributed by atoms with van der Waals surface area (Å²) in [5, 5.41) is 7.39. The number of hydrogen-bond donors (Lipinski definition) is 1. The number of rotatable bonds is 7. The number of aryl methyl sites for hydroxylation is 3. The van der Waals surface area contributed by atoms with Crippen molar-refractivity contribution in [2.45, 2.75) is 53.0 Å². The van der Waals surface area contributed by atoms with Crippen molar-refractivity contribution in [3.05, 3.63) is 46.8 Å². The third kappa shape index (κ3) is 3.86. The van der Waals surface area contributed by atoms with Crippen LogP contribution in [0.5, 0.6) is 0 Å². The van der Waals surface area contributed by atoms with Gasteiger partial charge in [0.2, 0.25) is 0 Å². The van der Waals surface area contributed by atoms with E-state index in [9.17, 15) is 0 Å². The van der Waals surface area contributed by atoms with Crippen LogP contribution in [0.15, 0.2) is 28.8 Å². The second-order valence-corrected chi connectivity index (χ2v) is 5.31. The van der Waals surface area contributed by atoms with E-state index in [2.05, 4.69) is 41.7 Å². The Morgan fingerprint density at radius 3 is 2.45 bits per heavy atom. The minimum absolute atomic E-state index is 0.760. The third-order valence-electron chi connectivity index (χ3n) is 3.67. The van der Waals surface area contributed by atoms with Crippen LogP contribution in [0.3, 0.4) is 0 Å². The molecule has 0 bridgehead atoms. The zero-order chi connectivity index (χ0) is 14.4. The number of nitrogens with one attached hydrogen (secondary N) is 1. The summed E-state index contributed by atoms with van der Waals surface area (Å²) in [4.78, 5) is 0. The van der Waals surface area contributed by atoms with Gasteiger partial charge in [0.1, 0.15) is 5.76 Å². The van der Waals surface area contributed by atoms with Crippen molar-refractivity contribution >= 4 is 5.69 Å². The first-order chi connectivity index (χ1) is 9.70. The first-order valence-corrected chi connectivity index (χ1v) is 7.45. The number of hydrogen-bond acceptors (Lipinski definition) is 3. The van der Waals surface area contributed by atoms with Crippen LogP contribution >= 0.6 is 0 Å². The fourth-order valence-corrected chi connectivity index (χ4v) is 2.31. The molecule has 2 rings (SSSR count). The summed E-state index contributed by atoms with van der Waals surface area (Å²) in [7, 11) is 0. The molecule has 0 unspecified atom stereocenters. The fraction of sp³-hybridized carbons (Fsp3) is 0.471. The second kappa shape index (κ2) is 7.13. The molecule has 0 saturated carbocycles. The molecule has 1 heterocycles. The Morgan fingerprint density at radius 2 is 1.85 bits per heavy atom. The molecule has 0 aliphatic heterocycles. The Morgan fingerprint density at radius 1 is 1.10 bits per heavy atom. The molecule has 0 spiro atoms. The predicted molar refractivity (Wildman–Crippen MR) is 83.0 cm³/mol. The van der Waals surface area contributed by atoms with E-state index in [-0.39, 0.29) is 0 Å². The summed E-state index contributed by atoms with van der Waals surface area (Å²) in [6.07, 6.45) is 5.05. The van der Waals surface area contributed by atoms with E-state index in [1.54, 1.807) is 0 Å². The Hall–Kier alpha value is -1.77. The highest BCUT2D eigenvalue weighted by Crippen LogP contribution is 2.16. The molecule has 1 N–H and O–H groups in total. The molecule has 0 aliphatic rings. The lowest BCUT2D eigenvalue weighted by Gasteiger charge is -2.07. The average Bonchev–Trinajstić information content (AvgIpc) is 2.78. The van der Waals surface area contributed by atoms with E-state index in [0.717, 1.165) is 29.2 Å². The summed E-state index contributed by atoms with van der Waals surface area (Å²) in [6, 6.07) is 8.73. The standard InChI is InChI=1S/C17H24N2O/c1-4-5-6-7-15-8-10-16(11-9-15)18-12-17-13(2)19-20-14(17)3/h8-11,18H,4-7,12H2,1-3H3. The molecule has 20 heavy (non-hydrogen) atoms. The summed E-state index contributed by atoms with van der Waals surface area (Å²) < 4.78 is 5.17. The highest BCUT2D eigenvalue weighted by atomic mass is 16.5. The zero-order valence-corrected chi connectivity index (χ0v) is 12.7. The van der Waals surface area contributed by atoms with Gasteiger partial charge in [-0.3, -0.25) is 0 Å². The molecule has 0 radical (unpaired) electrons. The number of anilines is 1. The first-order valence-electron chi connectivity index (χ1n) is 7.45. The molecular formula is C17H24N2O. The van der Waals surface area contributed by atoms with Gasteiger partial charge < -0.3 is 9.84 Å². The van der Waals surface area contributed by atoms with E-state index >= 15 is 0 Å². The van der Waals surface area contributed by atoms with Crippen LogP contribution in [0, 0.1) is 13.8 Å². The van der Waals surface area contributed by atoms with E-state index in [4.69, 9.17) is 4.52 Å². The highest BCUT2D eigenvalue weighted by Gasteiger charge is 2.08. The van der Waals surface area contributed by atoms with Crippen molar-refractivity contribution in [1.82, 2.24) is 5.16 Å². The molecule has 0 atom stereocenters. The molecular weight excluding hydrogens is 248 g/mol. The van der Waals surface area contributed by atoms with Crippen LogP contribution < -0.4 is 5.32 Å². The Balaban J connectivity index is 1.88. The molecule has 0 saturated heterocycles. The van der Waals surface area contributed by atoms with Crippen molar-refractivity contribution < 1.29 is 4.52 Å². The van der Waals surface area contributed by atoms with Gasteiger partial charge in [0.05, 0.1) is 5.69 Å². The minimum atomic E-state index is 0.760. The third-order valence-corrected chi connectivity index (χ3v) is 3.67. The summed E-state index contributed by atoms with van der Waals surface area (Å²) in [5.41, 5.74) is 4.67. The summed E-state index contributed by atoms with van der Waals surface area (Å²) in [6.45, 7) is 6.93. The SMILES string of the molecule is CCCCCc1ccc(NCc2c(C)noc2C)cc1. The van der Waals surface area contributed by atoms with Gasteiger partial charge in [-0.15, -0.1) is 0 Å². The molecule has 0 amide bonds. The quantitative estimate of drug-likeness (QED) is 0.746. The van der Waals surface area contributed by atoms with Crippen LogP contribution in [-0.4, -0.2) is 5.16 Å². The normalized spacial score (nSPS) is 10.8. The lowest BCUT2D eigenvalue weighted by atomic mass is 10.1. The smallest absolute Gasteiger partial charge is 0.138 e. The monoisotopic (exact) mass is 272 g/mol. The first kappa shape index (κ1) is 14.6. The molecule has 3 heteroatoms. The van der Waals surface area contributed by atoms with Gasteiger partial charge in [-0.05, 0) is 44.4 Å². The largest absolute Gasteiger partial charge is 0.381 e. The van der Waals surface area contributed by atoms with Gasteiger partial charge in [-0.1, -0.05) is 37.1 Å². The van der Waals surface area contributed by atoms with Crippen molar-refractivity contribution in [2.75, 3.05) is 5.32 Å². The maximum atomic E-state index is 5.17. The zero-order valence-electron chi connectivity index (χ0n) is 12.7. The van der Waals surface area contributed by atoms with Crippen molar-refractivity contribution in [2.24, 2.45) is 0 Å². The molecule has 3 nitrogen and oxygen atoms in total. The Labute approximate surface area is 121 Å². The van der Waals surface area contributed by atoms with Crippen molar-refractivity contribution in [3.8, 4) is 0 Å². The number of benzene rings is 1. The van der Waals surface area contributed by atoms with E-state index in [1.807, 2.05) is 13.8 Å². The fourth-order valence-electron chi connectivity index (χ4n) is 2.31. The van der Waals surface area contributed by atoms with Crippen LogP contribution in [0.25, 0.3) is 0 Å². The molecule has 2 aromatic rings. The van der Waals surface area contributed by atoms with Crippen LogP contribution in [0.2, 0.25) is 0 Å². The van der Waals surface area contributed by atoms with Crippen molar-refractivity contribution in [3.63, 3.8) is 0 Å². The maximum absolute atomic E-state index is 5.17. The molecule has 0 fully saturated rings. The van der Waals surface area contributed by atoms with E-state index < -0.39 is 0 Å². The molecule has 108 valence electrons. The van der Waals surface area contributed by atoms with E-state index in [1.165, 1.54) is 31.2 Å².